The van der Waals surface area contributed by atoms with Gasteiger partial charge in [0.25, 0.3) is 0 Å². The maximum atomic E-state index is 12.6. The molecule has 2 aromatic rings. The number of carbonyl (C=O) groups excluding carboxylic acids is 3. The van der Waals surface area contributed by atoms with Crippen LogP contribution in [0.15, 0.2) is 48.5 Å². The molecule has 0 amide bonds. The largest absolute Gasteiger partial charge is 0.463 e. The molecule has 42 heavy (non-hydrogen) atoms. The summed E-state index contributed by atoms with van der Waals surface area (Å²) in [5.74, 6) is 0.262. The zero-order valence-corrected chi connectivity index (χ0v) is 24.9. The lowest BCUT2D eigenvalue weighted by atomic mass is 9.80. The number of rotatable bonds is 16. The lowest BCUT2D eigenvalue weighted by Crippen LogP contribution is -2.25. The van der Waals surface area contributed by atoms with Gasteiger partial charge in [-0.15, -0.1) is 0 Å². The van der Waals surface area contributed by atoms with Gasteiger partial charge in [-0.1, -0.05) is 44.7 Å². The van der Waals surface area contributed by atoms with E-state index in [1.165, 1.54) is 43.9 Å². The zero-order valence-electron chi connectivity index (χ0n) is 24.9. The van der Waals surface area contributed by atoms with Crippen LogP contribution in [0.4, 0.5) is 11.4 Å². The van der Waals surface area contributed by atoms with Gasteiger partial charge in [-0.3, -0.25) is 4.79 Å². The van der Waals surface area contributed by atoms with Gasteiger partial charge in [-0.25, -0.2) is 9.59 Å². The predicted molar refractivity (Wildman–Crippen MR) is 166 cm³/mol. The second-order valence-electron chi connectivity index (χ2n) is 11.1. The van der Waals surface area contributed by atoms with Crippen molar-refractivity contribution < 1.29 is 28.6 Å². The normalized spacial score (nSPS) is 16.7. The summed E-state index contributed by atoms with van der Waals surface area (Å²) in [6.07, 6.45) is 15.4. The third-order valence-electron chi connectivity index (χ3n) is 7.64. The van der Waals surface area contributed by atoms with Gasteiger partial charge in [-0.2, -0.15) is 0 Å². The quantitative estimate of drug-likeness (QED) is 0.0708. The Kier molecular flexibility index (Phi) is 13.9. The number of hydrogen-bond acceptors (Lipinski definition) is 8. The molecule has 0 aliphatic heterocycles. The monoisotopic (exact) mass is 578 g/mol. The van der Waals surface area contributed by atoms with Crippen molar-refractivity contribution in [2.45, 2.75) is 84.0 Å². The van der Waals surface area contributed by atoms with Crippen molar-refractivity contribution in [3.05, 3.63) is 59.7 Å². The molecule has 2 aromatic carbocycles. The van der Waals surface area contributed by atoms with Crippen LogP contribution in [-0.4, -0.2) is 31.1 Å². The summed E-state index contributed by atoms with van der Waals surface area (Å²) in [6.45, 7) is 2.85. The molecule has 0 radical (unpaired) electrons. The molecule has 0 heterocycles. The summed E-state index contributed by atoms with van der Waals surface area (Å²) >= 11 is 0. The van der Waals surface area contributed by atoms with E-state index in [-0.39, 0.29) is 11.9 Å². The molecule has 1 saturated carbocycles. The van der Waals surface area contributed by atoms with Crippen LogP contribution < -0.4 is 16.2 Å². The van der Waals surface area contributed by atoms with E-state index in [9.17, 15) is 14.4 Å². The first-order valence-corrected chi connectivity index (χ1v) is 15.3. The second-order valence-corrected chi connectivity index (χ2v) is 11.1. The van der Waals surface area contributed by atoms with Crippen molar-refractivity contribution in [2.24, 2.45) is 11.8 Å². The van der Waals surface area contributed by atoms with Crippen LogP contribution in [0.25, 0.3) is 6.08 Å². The van der Waals surface area contributed by atoms with Crippen LogP contribution in [0.3, 0.4) is 0 Å². The molecule has 8 heteroatoms. The average Bonchev–Trinajstić information content (AvgIpc) is 2.98. The van der Waals surface area contributed by atoms with Crippen LogP contribution in [0, 0.1) is 11.8 Å². The highest BCUT2D eigenvalue weighted by molar-refractivity contribution is 5.91. The smallest absolute Gasteiger partial charge is 0.338 e. The van der Waals surface area contributed by atoms with Gasteiger partial charge in [0.05, 0.1) is 24.7 Å². The molecule has 228 valence electrons. The lowest BCUT2D eigenvalue weighted by molar-refractivity contribution is -0.140. The fraction of sp³-hybridized carbons (Fsp3) is 0.500. The molecule has 4 N–H and O–H groups in total. The van der Waals surface area contributed by atoms with Gasteiger partial charge in [0, 0.05) is 17.5 Å². The Morgan fingerprint density at radius 3 is 2.10 bits per heavy atom. The summed E-state index contributed by atoms with van der Waals surface area (Å²) in [4.78, 5) is 36.7. The van der Waals surface area contributed by atoms with E-state index in [0.29, 0.717) is 42.3 Å². The summed E-state index contributed by atoms with van der Waals surface area (Å²) in [6, 6.07) is 11.8. The minimum atomic E-state index is -0.448. The van der Waals surface area contributed by atoms with Crippen LogP contribution >= 0.6 is 0 Å². The first-order chi connectivity index (χ1) is 20.3. The second kappa shape index (κ2) is 17.9. The minimum Gasteiger partial charge on any atom is -0.463 e. The zero-order chi connectivity index (χ0) is 30.2. The van der Waals surface area contributed by atoms with Gasteiger partial charge >= 0.3 is 17.9 Å². The summed E-state index contributed by atoms with van der Waals surface area (Å²) in [7, 11) is 0. The topological polar surface area (TPSA) is 131 Å². The molecular weight excluding hydrogens is 532 g/mol. The van der Waals surface area contributed by atoms with E-state index in [2.05, 4.69) is 6.92 Å². The molecule has 0 atom stereocenters. The van der Waals surface area contributed by atoms with Crippen molar-refractivity contribution in [3.63, 3.8) is 0 Å². The van der Waals surface area contributed by atoms with Gasteiger partial charge in [0.15, 0.2) is 0 Å². The first kappa shape index (κ1) is 32.7. The number of hydrogen-bond donors (Lipinski definition) is 2. The maximum Gasteiger partial charge on any atom is 0.338 e. The van der Waals surface area contributed by atoms with Crippen LogP contribution in [0.1, 0.15) is 99.9 Å². The van der Waals surface area contributed by atoms with Crippen molar-refractivity contribution in [1.82, 2.24) is 0 Å². The van der Waals surface area contributed by atoms with Gasteiger partial charge in [0.1, 0.15) is 5.75 Å². The maximum absolute atomic E-state index is 12.6. The van der Waals surface area contributed by atoms with Crippen molar-refractivity contribution in [3.8, 4) is 5.75 Å². The Labute approximate surface area is 249 Å². The average molecular weight is 579 g/mol. The van der Waals surface area contributed by atoms with E-state index in [1.807, 2.05) is 12.1 Å². The van der Waals surface area contributed by atoms with E-state index in [1.54, 1.807) is 24.3 Å². The van der Waals surface area contributed by atoms with E-state index in [0.717, 1.165) is 56.4 Å². The molecule has 0 spiro atoms. The molecule has 1 aliphatic carbocycles. The molecule has 0 unspecified atom stereocenters. The molecule has 0 bridgehead atoms. The molecule has 0 aromatic heterocycles. The number of benzene rings is 2. The molecule has 0 saturated heterocycles. The highest BCUT2D eigenvalue weighted by Gasteiger charge is 2.27. The molecule has 1 aliphatic rings. The first-order valence-electron chi connectivity index (χ1n) is 15.3. The van der Waals surface area contributed by atoms with Crippen molar-refractivity contribution in [2.75, 3.05) is 24.7 Å². The lowest BCUT2D eigenvalue weighted by Gasteiger charge is -2.27. The third-order valence-corrected chi connectivity index (χ3v) is 7.64. The standard InChI is InChI=1S/C34H46N2O6/c1-2-3-6-9-25-10-15-27(16-11-25)34(39)42-31-17-12-26(13-18-31)14-19-32(37)40-20-7-4-5-8-21-41-33(38)28-22-29(35)24-30(36)23-28/h12-14,17-19,22-25,27H,2-11,15-16,20-21,35-36H2,1H3. The number of nitrogen functional groups attached to an aromatic ring is 2. The Morgan fingerprint density at radius 2 is 1.45 bits per heavy atom. The van der Waals surface area contributed by atoms with E-state index >= 15 is 0 Å². The summed E-state index contributed by atoms with van der Waals surface area (Å²) in [5.41, 5.74) is 13.4. The Bertz CT molecular complexity index is 1150. The summed E-state index contributed by atoms with van der Waals surface area (Å²) in [5, 5.41) is 0. The van der Waals surface area contributed by atoms with Crippen LogP contribution in [0.5, 0.6) is 5.75 Å². The van der Waals surface area contributed by atoms with Crippen LogP contribution in [0.2, 0.25) is 0 Å². The van der Waals surface area contributed by atoms with Gasteiger partial charge in [-0.05, 0) is 99.3 Å². The number of anilines is 2. The highest BCUT2D eigenvalue weighted by Crippen LogP contribution is 2.33. The van der Waals surface area contributed by atoms with Crippen LogP contribution in [-0.2, 0) is 19.1 Å². The van der Waals surface area contributed by atoms with Crippen molar-refractivity contribution >= 4 is 35.4 Å². The fourth-order valence-corrected chi connectivity index (χ4v) is 5.20. The molecule has 1 fully saturated rings. The van der Waals surface area contributed by atoms with E-state index in [4.69, 9.17) is 25.7 Å². The number of ether oxygens (including phenoxy) is 3. The highest BCUT2D eigenvalue weighted by atomic mass is 16.5. The molecule has 8 nitrogen and oxygen atoms in total. The SMILES string of the molecule is CCCCCC1CCC(C(=O)Oc2ccc(C=CC(=O)OCCCCCCOC(=O)c3cc(N)cc(N)c3)cc2)CC1. The Morgan fingerprint density at radius 1 is 0.810 bits per heavy atom. The number of nitrogens with two attached hydrogens (primary N) is 2. The Balaban J connectivity index is 1.24. The van der Waals surface area contributed by atoms with Gasteiger partial charge < -0.3 is 25.7 Å². The van der Waals surface area contributed by atoms with Gasteiger partial charge in [0.2, 0.25) is 0 Å². The number of esters is 3. The Hall–Kier alpha value is -3.81. The third kappa shape index (κ3) is 12.0. The minimum absolute atomic E-state index is 0.0143. The molecular formula is C34H46N2O6. The fourth-order valence-electron chi connectivity index (χ4n) is 5.20. The predicted octanol–water partition coefficient (Wildman–Crippen LogP) is 7.12. The molecule has 3 rings (SSSR count). The number of carbonyl (C=O) groups is 3. The summed E-state index contributed by atoms with van der Waals surface area (Å²) < 4.78 is 16.1. The number of unbranched alkanes of at least 4 members (excludes halogenated alkanes) is 5. The van der Waals surface area contributed by atoms with E-state index < -0.39 is 11.9 Å². The van der Waals surface area contributed by atoms with Crippen molar-refractivity contribution in [1.29, 1.82) is 0 Å².